The van der Waals surface area contributed by atoms with Gasteiger partial charge in [0.25, 0.3) is 0 Å². The maximum absolute atomic E-state index is 10.9. The normalized spacial score (nSPS) is 21.4. The standard InChI is InChI=1S/C9H12N2O3/c1-5-7(9(12)13)8(14-11-5)6-2-3-10-4-6/h6,10H,2-4H2,1H3,(H,12,13). The number of aromatic nitrogens is 1. The number of carboxylic acid groups (broad SMARTS) is 1. The number of carbonyl (C=O) groups is 1. The number of hydrogen-bond donors (Lipinski definition) is 2. The van der Waals surface area contributed by atoms with E-state index in [0.717, 1.165) is 19.5 Å². The minimum absolute atomic E-state index is 0.155. The van der Waals surface area contributed by atoms with Crippen molar-refractivity contribution in [2.45, 2.75) is 19.3 Å². The summed E-state index contributed by atoms with van der Waals surface area (Å²) in [6, 6.07) is 0. The molecule has 0 bridgehead atoms. The molecule has 0 aromatic carbocycles. The van der Waals surface area contributed by atoms with Crippen molar-refractivity contribution in [2.75, 3.05) is 13.1 Å². The molecule has 1 unspecified atom stereocenters. The van der Waals surface area contributed by atoms with E-state index in [4.69, 9.17) is 9.63 Å². The van der Waals surface area contributed by atoms with Crippen molar-refractivity contribution in [3.05, 3.63) is 17.0 Å². The zero-order valence-corrected chi connectivity index (χ0v) is 7.91. The maximum Gasteiger partial charge on any atom is 0.341 e. The highest BCUT2D eigenvalue weighted by atomic mass is 16.5. The van der Waals surface area contributed by atoms with Crippen LogP contribution in [0.3, 0.4) is 0 Å². The van der Waals surface area contributed by atoms with Gasteiger partial charge in [-0.2, -0.15) is 0 Å². The summed E-state index contributed by atoms with van der Waals surface area (Å²) in [4.78, 5) is 10.9. The molecule has 1 fully saturated rings. The van der Waals surface area contributed by atoms with E-state index in [2.05, 4.69) is 10.5 Å². The second-order valence-electron chi connectivity index (χ2n) is 3.50. The van der Waals surface area contributed by atoms with Crippen molar-refractivity contribution in [3.63, 3.8) is 0 Å². The van der Waals surface area contributed by atoms with Crippen LogP contribution in [0, 0.1) is 6.92 Å². The Morgan fingerprint density at radius 1 is 1.71 bits per heavy atom. The molecule has 1 aliphatic rings. The fraction of sp³-hybridized carbons (Fsp3) is 0.556. The first-order valence-electron chi connectivity index (χ1n) is 4.60. The lowest BCUT2D eigenvalue weighted by atomic mass is 10.0. The molecule has 1 aromatic heterocycles. The second kappa shape index (κ2) is 3.42. The van der Waals surface area contributed by atoms with Gasteiger partial charge in [-0.15, -0.1) is 0 Å². The summed E-state index contributed by atoms with van der Waals surface area (Å²) in [5, 5.41) is 15.8. The van der Waals surface area contributed by atoms with Crippen LogP contribution in [-0.2, 0) is 0 Å². The van der Waals surface area contributed by atoms with Crippen molar-refractivity contribution in [3.8, 4) is 0 Å². The van der Waals surface area contributed by atoms with Crippen LogP contribution in [0.5, 0.6) is 0 Å². The zero-order valence-electron chi connectivity index (χ0n) is 7.91. The highest BCUT2D eigenvalue weighted by molar-refractivity contribution is 5.90. The highest BCUT2D eigenvalue weighted by Gasteiger charge is 2.28. The number of aryl methyl sites for hydroxylation is 1. The van der Waals surface area contributed by atoms with Crippen molar-refractivity contribution in [1.29, 1.82) is 0 Å². The minimum Gasteiger partial charge on any atom is -0.477 e. The van der Waals surface area contributed by atoms with Crippen LogP contribution in [0.1, 0.15) is 34.2 Å². The number of aromatic carboxylic acids is 1. The molecule has 1 aromatic rings. The monoisotopic (exact) mass is 196 g/mol. The fourth-order valence-corrected chi connectivity index (χ4v) is 1.80. The first-order chi connectivity index (χ1) is 6.70. The summed E-state index contributed by atoms with van der Waals surface area (Å²) < 4.78 is 5.07. The smallest absolute Gasteiger partial charge is 0.341 e. The van der Waals surface area contributed by atoms with E-state index in [1.807, 2.05) is 0 Å². The Morgan fingerprint density at radius 3 is 3.07 bits per heavy atom. The van der Waals surface area contributed by atoms with Crippen LogP contribution >= 0.6 is 0 Å². The van der Waals surface area contributed by atoms with Gasteiger partial charge in [0.15, 0.2) is 5.76 Å². The van der Waals surface area contributed by atoms with Gasteiger partial charge in [-0.05, 0) is 19.9 Å². The van der Waals surface area contributed by atoms with Crippen molar-refractivity contribution >= 4 is 5.97 Å². The molecule has 5 heteroatoms. The molecule has 2 rings (SSSR count). The average Bonchev–Trinajstić information content (AvgIpc) is 2.70. The molecule has 1 atom stereocenters. The quantitative estimate of drug-likeness (QED) is 0.730. The Morgan fingerprint density at radius 2 is 2.50 bits per heavy atom. The zero-order chi connectivity index (χ0) is 10.1. The van der Waals surface area contributed by atoms with E-state index in [0.29, 0.717) is 11.5 Å². The van der Waals surface area contributed by atoms with E-state index in [1.54, 1.807) is 6.92 Å². The predicted octanol–water partition coefficient (Wildman–Crippen LogP) is 0.758. The Balaban J connectivity index is 2.37. The van der Waals surface area contributed by atoms with Crippen molar-refractivity contribution in [1.82, 2.24) is 10.5 Å². The van der Waals surface area contributed by atoms with Crippen molar-refractivity contribution in [2.24, 2.45) is 0 Å². The van der Waals surface area contributed by atoms with E-state index < -0.39 is 5.97 Å². The summed E-state index contributed by atoms with van der Waals surface area (Å²) in [6.45, 7) is 3.33. The maximum atomic E-state index is 10.9. The Kier molecular flexibility index (Phi) is 2.25. The van der Waals surface area contributed by atoms with Crippen LogP contribution in [0.4, 0.5) is 0 Å². The number of hydrogen-bond acceptors (Lipinski definition) is 4. The Bertz CT molecular complexity index is 353. The highest BCUT2D eigenvalue weighted by Crippen LogP contribution is 2.27. The lowest BCUT2D eigenvalue weighted by molar-refractivity contribution is 0.0693. The number of carboxylic acids is 1. The first-order valence-corrected chi connectivity index (χ1v) is 4.60. The van der Waals surface area contributed by atoms with Gasteiger partial charge in [0.05, 0.1) is 5.69 Å². The van der Waals surface area contributed by atoms with Gasteiger partial charge < -0.3 is 14.9 Å². The summed E-state index contributed by atoms with van der Waals surface area (Å²) in [5.74, 6) is -0.284. The lowest BCUT2D eigenvalue weighted by Crippen LogP contribution is -2.10. The van der Waals surface area contributed by atoms with Crippen LogP contribution in [0.15, 0.2) is 4.52 Å². The SMILES string of the molecule is Cc1noc(C2CCNC2)c1C(=O)O. The molecule has 1 saturated heterocycles. The predicted molar refractivity (Wildman–Crippen MR) is 48.4 cm³/mol. The van der Waals surface area contributed by atoms with Gasteiger partial charge in [-0.25, -0.2) is 4.79 Å². The van der Waals surface area contributed by atoms with Crippen LogP contribution in [-0.4, -0.2) is 29.3 Å². The van der Waals surface area contributed by atoms with Gasteiger partial charge in [0.2, 0.25) is 0 Å². The van der Waals surface area contributed by atoms with Gasteiger partial charge in [-0.1, -0.05) is 5.16 Å². The third kappa shape index (κ3) is 1.39. The molecule has 0 spiro atoms. The number of nitrogens with zero attached hydrogens (tertiary/aromatic N) is 1. The molecule has 14 heavy (non-hydrogen) atoms. The number of nitrogens with one attached hydrogen (secondary N) is 1. The molecule has 2 heterocycles. The van der Waals surface area contributed by atoms with Gasteiger partial charge in [0.1, 0.15) is 5.56 Å². The second-order valence-corrected chi connectivity index (χ2v) is 3.50. The molecule has 5 nitrogen and oxygen atoms in total. The molecule has 0 radical (unpaired) electrons. The van der Waals surface area contributed by atoms with Crippen LogP contribution in [0.2, 0.25) is 0 Å². The molecule has 76 valence electrons. The fourth-order valence-electron chi connectivity index (χ4n) is 1.80. The molecule has 0 aliphatic carbocycles. The van der Waals surface area contributed by atoms with E-state index in [9.17, 15) is 4.79 Å². The van der Waals surface area contributed by atoms with Gasteiger partial charge in [0, 0.05) is 12.5 Å². The van der Waals surface area contributed by atoms with Crippen molar-refractivity contribution < 1.29 is 14.4 Å². The lowest BCUT2D eigenvalue weighted by Gasteiger charge is -2.03. The summed E-state index contributed by atoms with van der Waals surface area (Å²) in [5.41, 5.74) is 0.693. The average molecular weight is 196 g/mol. The Labute approximate surface area is 81.1 Å². The summed E-state index contributed by atoms with van der Waals surface area (Å²) in [6.07, 6.45) is 0.912. The van der Waals surface area contributed by atoms with Crippen LogP contribution < -0.4 is 5.32 Å². The summed E-state index contributed by atoms with van der Waals surface area (Å²) in [7, 11) is 0. The number of rotatable bonds is 2. The third-order valence-electron chi connectivity index (χ3n) is 2.53. The topological polar surface area (TPSA) is 75.4 Å². The van der Waals surface area contributed by atoms with E-state index >= 15 is 0 Å². The van der Waals surface area contributed by atoms with E-state index in [1.165, 1.54) is 0 Å². The van der Waals surface area contributed by atoms with Gasteiger partial charge >= 0.3 is 5.97 Å². The minimum atomic E-state index is -0.953. The van der Waals surface area contributed by atoms with E-state index in [-0.39, 0.29) is 11.5 Å². The molecular weight excluding hydrogens is 184 g/mol. The Hall–Kier alpha value is -1.36. The largest absolute Gasteiger partial charge is 0.477 e. The van der Waals surface area contributed by atoms with Crippen LogP contribution in [0.25, 0.3) is 0 Å². The molecule has 0 saturated carbocycles. The third-order valence-corrected chi connectivity index (χ3v) is 2.53. The molecule has 0 amide bonds. The molecule has 2 N–H and O–H groups in total. The first kappa shape index (κ1) is 9.21. The van der Waals surface area contributed by atoms with Gasteiger partial charge in [-0.3, -0.25) is 0 Å². The molecule has 1 aliphatic heterocycles. The molecular formula is C9H12N2O3. The summed E-state index contributed by atoms with van der Waals surface area (Å²) >= 11 is 0.